The largest absolute Gasteiger partial charge is 0.493 e. The van der Waals surface area contributed by atoms with E-state index in [2.05, 4.69) is 15.8 Å². The highest BCUT2D eigenvalue weighted by atomic mass is 35.5. The van der Waals surface area contributed by atoms with E-state index in [1.165, 1.54) is 0 Å². The molecule has 176 valence electrons. The fraction of sp³-hybridized carbons (Fsp3) is 0.192. The van der Waals surface area contributed by atoms with Crippen LogP contribution in [-0.2, 0) is 16.2 Å². The highest BCUT2D eigenvalue weighted by Crippen LogP contribution is 2.29. The standard InChI is InChI=1S/C26H26ClN3O4/c1-16-11-17(2)13-22(12-16)28-25(31)26(32)30-29-18(3)20-7-10-23(24(14-20)33-4)34-15-19-5-8-21(27)9-6-19/h5-14H,15H2,1-4H3,(H,28,31)(H,30,32). The molecule has 0 unspecified atom stereocenters. The first-order chi connectivity index (χ1) is 16.2. The molecule has 0 atom stereocenters. The lowest BCUT2D eigenvalue weighted by Gasteiger charge is -2.12. The molecule has 0 radical (unpaired) electrons. The number of amides is 2. The number of methoxy groups -OCH3 is 1. The van der Waals surface area contributed by atoms with Gasteiger partial charge in [0.25, 0.3) is 0 Å². The van der Waals surface area contributed by atoms with Gasteiger partial charge in [0.05, 0.1) is 12.8 Å². The van der Waals surface area contributed by atoms with Crippen molar-refractivity contribution in [2.24, 2.45) is 5.10 Å². The van der Waals surface area contributed by atoms with E-state index in [1.807, 2.05) is 32.0 Å². The second-order valence-electron chi connectivity index (χ2n) is 7.75. The first kappa shape index (κ1) is 24.8. The summed E-state index contributed by atoms with van der Waals surface area (Å²) in [5.41, 5.74) is 6.97. The second kappa shape index (κ2) is 11.3. The van der Waals surface area contributed by atoms with Crippen molar-refractivity contribution in [1.29, 1.82) is 0 Å². The summed E-state index contributed by atoms with van der Waals surface area (Å²) in [5, 5.41) is 7.29. The second-order valence-corrected chi connectivity index (χ2v) is 8.19. The molecule has 0 spiro atoms. The zero-order valence-electron chi connectivity index (χ0n) is 19.4. The van der Waals surface area contributed by atoms with Gasteiger partial charge in [0.15, 0.2) is 11.5 Å². The van der Waals surface area contributed by atoms with Crippen molar-refractivity contribution in [3.8, 4) is 11.5 Å². The third-order valence-electron chi connectivity index (χ3n) is 4.90. The zero-order valence-corrected chi connectivity index (χ0v) is 20.2. The summed E-state index contributed by atoms with van der Waals surface area (Å²) in [4.78, 5) is 24.4. The number of nitrogens with one attached hydrogen (secondary N) is 2. The van der Waals surface area contributed by atoms with Crippen LogP contribution in [0.25, 0.3) is 0 Å². The van der Waals surface area contributed by atoms with Crippen molar-refractivity contribution in [2.45, 2.75) is 27.4 Å². The number of carbonyl (C=O) groups excluding carboxylic acids is 2. The Labute approximate surface area is 203 Å². The van der Waals surface area contributed by atoms with Crippen LogP contribution in [0.4, 0.5) is 5.69 Å². The van der Waals surface area contributed by atoms with Gasteiger partial charge in [-0.05, 0) is 79.9 Å². The van der Waals surface area contributed by atoms with Crippen LogP contribution >= 0.6 is 11.6 Å². The molecule has 0 aromatic heterocycles. The number of anilines is 1. The molecule has 0 aliphatic carbocycles. The van der Waals surface area contributed by atoms with Crippen LogP contribution < -0.4 is 20.2 Å². The normalized spacial score (nSPS) is 11.0. The van der Waals surface area contributed by atoms with Crippen LogP contribution in [-0.4, -0.2) is 24.6 Å². The average molecular weight is 480 g/mol. The van der Waals surface area contributed by atoms with Gasteiger partial charge in [-0.3, -0.25) is 9.59 Å². The number of halogens is 1. The molecule has 3 aromatic rings. The molecule has 8 heteroatoms. The number of carbonyl (C=O) groups is 2. The van der Waals surface area contributed by atoms with Gasteiger partial charge in [-0.25, -0.2) is 5.43 Å². The lowest BCUT2D eigenvalue weighted by molar-refractivity contribution is -0.136. The number of nitrogens with zero attached hydrogens (tertiary/aromatic N) is 1. The average Bonchev–Trinajstić information content (AvgIpc) is 2.81. The fourth-order valence-corrected chi connectivity index (χ4v) is 3.36. The summed E-state index contributed by atoms with van der Waals surface area (Å²) < 4.78 is 11.3. The molecule has 0 saturated carbocycles. The molecule has 0 aliphatic heterocycles. The molecule has 2 amide bonds. The zero-order chi connectivity index (χ0) is 24.7. The smallest absolute Gasteiger partial charge is 0.329 e. The Morgan fingerprint density at radius 3 is 2.24 bits per heavy atom. The van der Waals surface area contributed by atoms with E-state index in [4.69, 9.17) is 21.1 Å². The molecular weight excluding hydrogens is 454 g/mol. The summed E-state index contributed by atoms with van der Waals surface area (Å²) >= 11 is 5.91. The predicted molar refractivity (Wildman–Crippen MR) is 134 cm³/mol. The molecular formula is C26H26ClN3O4. The van der Waals surface area contributed by atoms with Crippen molar-refractivity contribution >= 4 is 34.8 Å². The third-order valence-corrected chi connectivity index (χ3v) is 5.15. The van der Waals surface area contributed by atoms with E-state index in [9.17, 15) is 9.59 Å². The predicted octanol–water partition coefficient (Wildman–Crippen LogP) is 5.02. The van der Waals surface area contributed by atoms with Crippen LogP contribution in [0.2, 0.25) is 5.02 Å². The summed E-state index contributed by atoms with van der Waals surface area (Å²) in [6.07, 6.45) is 0. The van der Waals surface area contributed by atoms with Crippen molar-refractivity contribution in [3.05, 3.63) is 87.9 Å². The Hall–Kier alpha value is -3.84. The SMILES string of the molecule is COc1cc(C(C)=NNC(=O)C(=O)Nc2cc(C)cc(C)c2)ccc1OCc1ccc(Cl)cc1. The molecule has 34 heavy (non-hydrogen) atoms. The number of hydrazone groups is 1. The van der Waals surface area contributed by atoms with Gasteiger partial charge in [-0.2, -0.15) is 5.10 Å². The summed E-state index contributed by atoms with van der Waals surface area (Å²) in [5.74, 6) is -0.593. The van der Waals surface area contributed by atoms with E-state index >= 15 is 0 Å². The molecule has 0 bridgehead atoms. The van der Waals surface area contributed by atoms with Crippen molar-refractivity contribution < 1.29 is 19.1 Å². The summed E-state index contributed by atoms with van der Waals surface area (Å²) in [6.45, 7) is 5.90. The maximum atomic E-state index is 12.2. The van der Waals surface area contributed by atoms with Gasteiger partial charge in [0.2, 0.25) is 0 Å². The summed E-state index contributed by atoms with van der Waals surface area (Å²) in [7, 11) is 1.54. The van der Waals surface area contributed by atoms with Crippen LogP contribution in [0.5, 0.6) is 11.5 Å². The minimum absolute atomic E-state index is 0.353. The van der Waals surface area contributed by atoms with E-state index in [-0.39, 0.29) is 0 Å². The van der Waals surface area contributed by atoms with Gasteiger partial charge in [-0.15, -0.1) is 0 Å². The van der Waals surface area contributed by atoms with Crippen molar-refractivity contribution in [1.82, 2.24) is 5.43 Å². The minimum atomic E-state index is -0.867. The highest BCUT2D eigenvalue weighted by molar-refractivity contribution is 6.39. The number of hydrogen-bond acceptors (Lipinski definition) is 5. The van der Waals surface area contributed by atoms with E-state index in [1.54, 1.807) is 56.5 Å². The van der Waals surface area contributed by atoms with Gasteiger partial charge >= 0.3 is 11.8 Å². The first-order valence-corrected chi connectivity index (χ1v) is 10.9. The van der Waals surface area contributed by atoms with Gasteiger partial charge < -0.3 is 14.8 Å². The molecule has 3 aromatic carbocycles. The number of benzene rings is 3. The van der Waals surface area contributed by atoms with Crippen molar-refractivity contribution in [3.63, 3.8) is 0 Å². The molecule has 2 N–H and O–H groups in total. The molecule has 0 saturated heterocycles. The van der Waals surface area contributed by atoms with E-state index < -0.39 is 11.8 Å². The monoisotopic (exact) mass is 479 g/mol. The Bertz CT molecular complexity index is 1200. The maximum absolute atomic E-state index is 12.2. The number of hydrogen-bond donors (Lipinski definition) is 2. The van der Waals surface area contributed by atoms with Gasteiger partial charge in [-0.1, -0.05) is 29.8 Å². The topological polar surface area (TPSA) is 89.0 Å². The third kappa shape index (κ3) is 6.83. The highest BCUT2D eigenvalue weighted by Gasteiger charge is 2.14. The number of ether oxygens (including phenoxy) is 2. The van der Waals surface area contributed by atoms with Crippen molar-refractivity contribution in [2.75, 3.05) is 12.4 Å². The Morgan fingerprint density at radius 2 is 1.59 bits per heavy atom. The molecule has 3 rings (SSSR count). The fourth-order valence-electron chi connectivity index (χ4n) is 3.24. The van der Waals surface area contributed by atoms with Gasteiger partial charge in [0, 0.05) is 16.3 Å². The first-order valence-electron chi connectivity index (χ1n) is 10.5. The minimum Gasteiger partial charge on any atom is -0.493 e. The van der Waals surface area contributed by atoms with Crippen LogP contribution in [0.1, 0.15) is 29.2 Å². The summed E-state index contributed by atoms with van der Waals surface area (Å²) in [6, 6.07) is 18.2. The molecule has 7 nitrogen and oxygen atoms in total. The van der Waals surface area contributed by atoms with Crippen LogP contribution in [0.3, 0.4) is 0 Å². The molecule has 0 fully saturated rings. The molecule has 0 aliphatic rings. The Balaban J connectivity index is 1.62. The van der Waals surface area contributed by atoms with E-state index in [0.717, 1.165) is 16.7 Å². The Morgan fingerprint density at radius 1 is 0.912 bits per heavy atom. The Kier molecular flexibility index (Phi) is 8.27. The van der Waals surface area contributed by atoms with Crippen LogP contribution in [0.15, 0.2) is 65.8 Å². The number of rotatable bonds is 7. The lowest BCUT2D eigenvalue weighted by atomic mass is 10.1. The van der Waals surface area contributed by atoms with Gasteiger partial charge in [0.1, 0.15) is 6.61 Å². The number of aryl methyl sites for hydroxylation is 2. The molecule has 0 heterocycles. The quantitative estimate of drug-likeness (QED) is 0.283. The van der Waals surface area contributed by atoms with Crippen LogP contribution in [0, 0.1) is 13.8 Å². The lowest BCUT2D eigenvalue weighted by Crippen LogP contribution is -2.33. The van der Waals surface area contributed by atoms with E-state index in [0.29, 0.717) is 40.1 Å². The maximum Gasteiger partial charge on any atom is 0.329 e.